The Balaban J connectivity index is 1.85. The van der Waals surface area contributed by atoms with Crippen molar-refractivity contribution in [1.82, 2.24) is 4.90 Å². The van der Waals surface area contributed by atoms with Crippen LogP contribution in [0.4, 0.5) is 0 Å². The van der Waals surface area contributed by atoms with E-state index >= 15 is 0 Å². The van der Waals surface area contributed by atoms with Crippen LogP contribution in [0.1, 0.15) is 31.4 Å². The summed E-state index contributed by atoms with van der Waals surface area (Å²) in [4.78, 5) is 2.38. The van der Waals surface area contributed by atoms with E-state index in [1.165, 1.54) is 18.2 Å². The van der Waals surface area contributed by atoms with Gasteiger partial charge in [-0.2, -0.15) is 0 Å². The van der Waals surface area contributed by atoms with Gasteiger partial charge < -0.3 is 19.8 Å². The van der Waals surface area contributed by atoms with Gasteiger partial charge in [-0.3, -0.25) is 0 Å². The summed E-state index contributed by atoms with van der Waals surface area (Å²) in [7, 11) is 0. The van der Waals surface area contributed by atoms with Crippen molar-refractivity contribution in [2.75, 3.05) is 26.2 Å². The minimum atomic E-state index is 0.130. The summed E-state index contributed by atoms with van der Waals surface area (Å²) >= 11 is 0. The Bertz CT molecular complexity index is 676. The molecule has 2 rings (SSSR count). The van der Waals surface area contributed by atoms with E-state index < -0.39 is 0 Å². The molecule has 0 unspecified atom stereocenters. The molecule has 0 aliphatic heterocycles. The molecule has 2 aromatic rings. The molecule has 25 heavy (non-hydrogen) atoms. The predicted octanol–water partition coefficient (Wildman–Crippen LogP) is 4.38. The van der Waals surface area contributed by atoms with Crippen molar-refractivity contribution in [2.45, 2.75) is 20.3 Å². The van der Waals surface area contributed by atoms with Gasteiger partial charge in [0.15, 0.2) is 0 Å². The first-order valence-electron chi connectivity index (χ1n) is 8.77. The van der Waals surface area contributed by atoms with Crippen LogP contribution in [0, 0.1) is 0 Å². The number of nitrogens with zero attached hydrogens (tertiary/aromatic N) is 1. The molecule has 0 fully saturated rings. The molecule has 0 saturated carbocycles. The maximum Gasteiger partial charge on any atom is 0.123 e. The minimum absolute atomic E-state index is 0.130. The highest BCUT2D eigenvalue weighted by Crippen LogP contribution is 2.24. The quantitative estimate of drug-likeness (QED) is 0.404. The summed E-state index contributed by atoms with van der Waals surface area (Å²) in [6, 6.07) is 12.3. The molecule has 0 radical (unpaired) electrons. The van der Waals surface area contributed by atoms with Crippen LogP contribution < -0.4 is 4.74 Å². The van der Waals surface area contributed by atoms with Crippen LogP contribution in [0.5, 0.6) is 17.2 Å². The van der Waals surface area contributed by atoms with Gasteiger partial charge in [-0.15, -0.1) is 0 Å². The summed E-state index contributed by atoms with van der Waals surface area (Å²) in [5.41, 5.74) is 1.58. The summed E-state index contributed by atoms with van der Waals surface area (Å²) in [6.07, 6.45) is 4.67. The van der Waals surface area contributed by atoms with Gasteiger partial charge in [0.2, 0.25) is 0 Å². The molecule has 0 spiro atoms. The third-order valence-corrected chi connectivity index (χ3v) is 4.13. The second-order valence-corrected chi connectivity index (χ2v) is 5.87. The monoisotopic (exact) mass is 341 g/mol. The second-order valence-electron chi connectivity index (χ2n) is 5.87. The molecule has 0 saturated heterocycles. The number of aromatic hydroxyl groups is 2. The van der Waals surface area contributed by atoms with Crippen molar-refractivity contribution >= 4 is 12.2 Å². The van der Waals surface area contributed by atoms with Gasteiger partial charge in [0.05, 0.1) is 6.61 Å². The van der Waals surface area contributed by atoms with E-state index in [1.807, 2.05) is 30.3 Å². The van der Waals surface area contributed by atoms with Crippen molar-refractivity contribution in [2.24, 2.45) is 0 Å². The first kappa shape index (κ1) is 18.9. The Morgan fingerprint density at radius 3 is 2.36 bits per heavy atom. The molecule has 0 atom stereocenters. The summed E-state index contributed by atoms with van der Waals surface area (Å²) in [6.45, 7) is 8.27. The third kappa shape index (κ3) is 6.16. The zero-order valence-electron chi connectivity index (χ0n) is 15.0. The van der Waals surface area contributed by atoms with Crippen molar-refractivity contribution in [1.29, 1.82) is 0 Å². The Labute approximate surface area is 150 Å². The molecule has 4 nitrogen and oxygen atoms in total. The zero-order valence-corrected chi connectivity index (χ0v) is 15.0. The van der Waals surface area contributed by atoms with Crippen molar-refractivity contribution in [3.8, 4) is 17.2 Å². The van der Waals surface area contributed by atoms with Gasteiger partial charge in [-0.25, -0.2) is 0 Å². The van der Waals surface area contributed by atoms with Crippen molar-refractivity contribution in [3.63, 3.8) is 0 Å². The highest BCUT2D eigenvalue weighted by molar-refractivity contribution is 5.73. The lowest BCUT2D eigenvalue weighted by Gasteiger charge is -2.17. The number of hydrogen-bond donors (Lipinski definition) is 2. The van der Waals surface area contributed by atoms with Crippen LogP contribution >= 0.6 is 0 Å². The molecule has 0 aliphatic carbocycles. The fourth-order valence-electron chi connectivity index (χ4n) is 2.55. The summed E-state index contributed by atoms with van der Waals surface area (Å²) < 4.78 is 5.77. The van der Waals surface area contributed by atoms with E-state index in [2.05, 4.69) is 18.7 Å². The van der Waals surface area contributed by atoms with Crippen molar-refractivity contribution in [3.05, 3.63) is 53.6 Å². The van der Waals surface area contributed by atoms with Crippen LogP contribution in [0.15, 0.2) is 42.5 Å². The normalized spacial score (nSPS) is 11.3. The maximum absolute atomic E-state index is 9.77. The lowest BCUT2D eigenvalue weighted by atomic mass is 10.1. The van der Waals surface area contributed by atoms with E-state index in [-0.39, 0.29) is 11.5 Å². The third-order valence-electron chi connectivity index (χ3n) is 4.13. The molecule has 0 heterocycles. The Kier molecular flexibility index (Phi) is 7.36. The Hall–Kier alpha value is -2.46. The molecule has 0 bridgehead atoms. The number of ether oxygens (including phenoxy) is 1. The molecule has 0 amide bonds. The summed E-state index contributed by atoms with van der Waals surface area (Å²) in [5, 5.41) is 19.2. The molecule has 134 valence electrons. The van der Waals surface area contributed by atoms with Crippen LogP contribution in [0.25, 0.3) is 12.2 Å². The van der Waals surface area contributed by atoms with E-state index in [9.17, 15) is 10.2 Å². The molecule has 4 heteroatoms. The average Bonchev–Trinajstić information content (AvgIpc) is 2.63. The predicted molar refractivity (Wildman–Crippen MR) is 103 cm³/mol. The lowest BCUT2D eigenvalue weighted by Crippen LogP contribution is -2.25. The first-order valence-corrected chi connectivity index (χ1v) is 8.77. The number of rotatable bonds is 9. The van der Waals surface area contributed by atoms with Crippen molar-refractivity contribution < 1.29 is 14.9 Å². The summed E-state index contributed by atoms with van der Waals surface area (Å²) in [5.74, 6) is 1.13. The highest BCUT2D eigenvalue weighted by atomic mass is 16.5. The number of hydrogen-bond acceptors (Lipinski definition) is 4. The SMILES string of the molecule is CCN(CC)CCCOc1ccc(/C=C/c2cc(O)ccc2O)cc1. The number of phenolic OH excluding ortho intramolecular Hbond substituents is 2. The van der Waals surface area contributed by atoms with Crippen LogP contribution in [0.2, 0.25) is 0 Å². The van der Waals surface area contributed by atoms with E-state index in [0.29, 0.717) is 12.2 Å². The van der Waals surface area contributed by atoms with Gasteiger partial charge in [0, 0.05) is 12.1 Å². The van der Waals surface area contributed by atoms with Gasteiger partial charge in [0.25, 0.3) is 0 Å². The lowest BCUT2D eigenvalue weighted by molar-refractivity contribution is 0.249. The molecule has 2 aromatic carbocycles. The number of phenols is 2. The maximum atomic E-state index is 9.77. The van der Waals surface area contributed by atoms with Gasteiger partial charge in [-0.1, -0.05) is 38.1 Å². The molecular weight excluding hydrogens is 314 g/mol. The average molecular weight is 341 g/mol. The molecule has 2 N–H and O–H groups in total. The van der Waals surface area contributed by atoms with Crippen LogP contribution in [0.3, 0.4) is 0 Å². The molecular formula is C21H27NO3. The largest absolute Gasteiger partial charge is 0.508 e. The van der Waals surface area contributed by atoms with E-state index in [0.717, 1.165) is 37.4 Å². The van der Waals surface area contributed by atoms with Gasteiger partial charge in [0.1, 0.15) is 17.2 Å². The fourth-order valence-corrected chi connectivity index (χ4v) is 2.55. The van der Waals surface area contributed by atoms with E-state index in [1.54, 1.807) is 6.08 Å². The standard InChI is InChI=1S/C21H27NO3/c1-3-22(4-2)14-5-15-25-20-11-7-17(8-12-20)6-9-18-16-19(23)10-13-21(18)24/h6-13,16,23-24H,3-5,14-15H2,1-2H3/b9-6+. The van der Waals surface area contributed by atoms with Crippen LogP contribution in [-0.4, -0.2) is 41.4 Å². The van der Waals surface area contributed by atoms with Gasteiger partial charge >= 0.3 is 0 Å². The van der Waals surface area contributed by atoms with Gasteiger partial charge in [-0.05, 0) is 55.4 Å². The number of benzene rings is 2. The fraction of sp³-hybridized carbons (Fsp3) is 0.333. The first-order chi connectivity index (χ1) is 12.1. The zero-order chi connectivity index (χ0) is 18.1. The Morgan fingerprint density at radius 2 is 1.68 bits per heavy atom. The smallest absolute Gasteiger partial charge is 0.123 e. The second kappa shape index (κ2) is 9.74. The van der Waals surface area contributed by atoms with E-state index in [4.69, 9.17) is 4.74 Å². The highest BCUT2D eigenvalue weighted by Gasteiger charge is 2.00. The Morgan fingerprint density at radius 1 is 0.960 bits per heavy atom. The molecule has 0 aliphatic rings. The van der Waals surface area contributed by atoms with Crippen LogP contribution in [-0.2, 0) is 0 Å². The minimum Gasteiger partial charge on any atom is -0.508 e. The molecule has 0 aromatic heterocycles. The topological polar surface area (TPSA) is 52.9 Å².